The van der Waals surface area contributed by atoms with E-state index in [0.717, 1.165) is 25.7 Å². The molecule has 0 atom stereocenters. The van der Waals surface area contributed by atoms with Crippen LogP contribution in [-0.4, -0.2) is 60.3 Å². The van der Waals surface area contributed by atoms with Gasteiger partial charge in [0.15, 0.2) is 0 Å². The topological polar surface area (TPSA) is 15.7 Å². The van der Waals surface area contributed by atoms with Crippen LogP contribution >= 0.6 is 0 Å². The molecule has 3 heteroatoms. The van der Waals surface area contributed by atoms with E-state index in [9.17, 15) is 0 Å². The van der Waals surface area contributed by atoms with Gasteiger partial charge in [-0.1, -0.05) is 0 Å². The summed E-state index contributed by atoms with van der Waals surface area (Å²) in [6.45, 7) is 14.7. The summed E-state index contributed by atoms with van der Waals surface area (Å²) in [4.78, 5) is 5.23. The normalized spacial score (nSPS) is 26.1. The fraction of sp³-hybridized carbons (Fsp3) is 1.00. The van der Waals surface area contributed by atoms with Gasteiger partial charge in [-0.3, -0.25) is 9.80 Å². The first-order chi connectivity index (χ1) is 8.00. The number of likely N-dealkylation sites (tertiary alicyclic amines) is 2. The molecule has 0 amide bonds. The van der Waals surface area contributed by atoms with Crippen LogP contribution in [0.15, 0.2) is 0 Å². The summed E-state index contributed by atoms with van der Waals surface area (Å²) in [5.74, 6) is 0. The molecule has 3 nitrogen and oxygen atoms in total. The Morgan fingerprint density at radius 3 is 2.18 bits per heavy atom. The van der Waals surface area contributed by atoms with Crippen LogP contribution in [-0.2, 0) is 4.74 Å². The van der Waals surface area contributed by atoms with Crippen molar-refractivity contribution in [2.24, 2.45) is 0 Å². The van der Waals surface area contributed by atoms with Gasteiger partial charge in [0, 0.05) is 44.4 Å². The van der Waals surface area contributed by atoms with Gasteiger partial charge in [-0.15, -0.1) is 0 Å². The molecule has 0 aromatic heterocycles. The number of hydrogen-bond donors (Lipinski definition) is 0. The lowest BCUT2D eigenvalue weighted by molar-refractivity contribution is -0.0803. The molecule has 2 fully saturated rings. The van der Waals surface area contributed by atoms with E-state index in [-0.39, 0.29) is 0 Å². The van der Waals surface area contributed by atoms with Crippen LogP contribution in [0, 0.1) is 0 Å². The van der Waals surface area contributed by atoms with Gasteiger partial charge >= 0.3 is 0 Å². The molecule has 0 radical (unpaired) electrons. The first-order valence-corrected chi connectivity index (χ1v) is 7.11. The number of hydrogen-bond acceptors (Lipinski definition) is 3. The minimum Gasteiger partial charge on any atom is -0.376 e. The summed E-state index contributed by atoms with van der Waals surface area (Å²) in [5, 5.41) is 0. The molecule has 2 rings (SSSR count). The van der Waals surface area contributed by atoms with Crippen molar-refractivity contribution >= 4 is 0 Å². The van der Waals surface area contributed by atoms with Gasteiger partial charge in [0.2, 0.25) is 0 Å². The number of ether oxygens (including phenoxy) is 1. The Labute approximate surface area is 106 Å². The molecule has 0 aliphatic carbocycles. The zero-order valence-electron chi connectivity index (χ0n) is 11.9. The smallest absolute Gasteiger partial charge is 0.0828 e. The molecule has 0 saturated carbocycles. The highest BCUT2D eigenvalue weighted by Gasteiger charge is 2.35. The van der Waals surface area contributed by atoms with Crippen molar-refractivity contribution in [2.75, 3.05) is 32.8 Å². The summed E-state index contributed by atoms with van der Waals surface area (Å²) >= 11 is 0. The fourth-order valence-corrected chi connectivity index (χ4v) is 3.01. The first kappa shape index (κ1) is 13.3. The lowest BCUT2D eigenvalue weighted by Crippen LogP contribution is -2.59. The van der Waals surface area contributed by atoms with Gasteiger partial charge in [-0.05, 0) is 40.5 Å². The van der Waals surface area contributed by atoms with Gasteiger partial charge in [0.05, 0.1) is 6.10 Å². The van der Waals surface area contributed by atoms with Crippen molar-refractivity contribution in [3.8, 4) is 0 Å². The van der Waals surface area contributed by atoms with E-state index in [2.05, 4.69) is 37.5 Å². The zero-order valence-corrected chi connectivity index (χ0v) is 11.9. The Morgan fingerprint density at radius 2 is 1.71 bits per heavy atom. The van der Waals surface area contributed by atoms with E-state index in [4.69, 9.17) is 4.74 Å². The average molecular weight is 240 g/mol. The van der Waals surface area contributed by atoms with Crippen molar-refractivity contribution in [1.82, 2.24) is 9.80 Å². The van der Waals surface area contributed by atoms with Crippen LogP contribution in [0.1, 0.15) is 40.5 Å². The van der Waals surface area contributed by atoms with E-state index < -0.39 is 0 Å². The minimum absolute atomic E-state index is 0.341. The maximum Gasteiger partial charge on any atom is 0.0828 e. The fourth-order valence-electron chi connectivity index (χ4n) is 3.01. The monoisotopic (exact) mass is 240 g/mol. The van der Waals surface area contributed by atoms with E-state index in [1.807, 2.05) is 0 Å². The maximum absolute atomic E-state index is 5.62. The number of rotatable bonds is 3. The summed E-state index contributed by atoms with van der Waals surface area (Å²) in [6.07, 6.45) is 3.17. The third-order valence-electron chi connectivity index (χ3n) is 4.21. The van der Waals surface area contributed by atoms with Crippen molar-refractivity contribution in [3.63, 3.8) is 0 Å². The van der Waals surface area contributed by atoms with E-state index in [1.54, 1.807) is 0 Å². The summed E-state index contributed by atoms with van der Waals surface area (Å²) < 4.78 is 5.62. The second kappa shape index (κ2) is 5.25. The lowest BCUT2D eigenvalue weighted by Gasteiger charge is -2.48. The van der Waals surface area contributed by atoms with E-state index in [0.29, 0.717) is 11.6 Å². The predicted octanol–water partition coefficient (Wildman–Crippen LogP) is 1.97. The Kier molecular flexibility index (Phi) is 4.11. The molecule has 2 heterocycles. The van der Waals surface area contributed by atoms with Crippen LogP contribution in [0.3, 0.4) is 0 Å². The standard InChI is InChI=1S/C14H28N2O/c1-5-17-13-10-15(11-13)12-6-8-16(9-7-12)14(2,3)4/h12-13H,5-11H2,1-4H3. The van der Waals surface area contributed by atoms with Crippen molar-refractivity contribution in [1.29, 1.82) is 0 Å². The minimum atomic E-state index is 0.341. The highest BCUT2D eigenvalue weighted by molar-refractivity contribution is 4.91. The summed E-state index contributed by atoms with van der Waals surface area (Å²) in [7, 11) is 0. The molecule has 0 aromatic carbocycles. The quantitative estimate of drug-likeness (QED) is 0.750. The number of piperidine rings is 1. The molecule has 17 heavy (non-hydrogen) atoms. The highest BCUT2D eigenvalue weighted by atomic mass is 16.5. The first-order valence-electron chi connectivity index (χ1n) is 7.11. The largest absolute Gasteiger partial charge is 0.376 e. The molecule has 2 aliphatic heterocycles. The average Bonchev–Trinajstić information content (AvgIpc) is 2.22. The second-order valence-corrected chi connectivity index (χ2v) is 6.42. The highest BCUT2D eigenvalue weighted by Crippen LogP contribution is 2.26. The SMILES string of the molecule is CCOC1CN(C2CCN(C(C)(C)C)CC2)C1. The van der Waals surface area contributed by atoms with Crippen molar-refractivity contribution in [2.45, 2.75) is 58.2 Å². The lowest BCUT2D eigenvalue weighted by atomic mass is 9.95. The molecule has 0 bridgehead atoms. The van der Waals surface area contributed by atoms with E-state index >= 15 is 0 Å². The third kappa shape index (κ3) is 3.21. The molecule has 2 aliphatic rings. The molecule has 0 spiro atoms. The van der Waals surface area contributed by atoms with Crippen molar-refractivity contribution in [3.05, 3.63) is 0 Å². The molecule has 2 saturated heterocycles. The molecular weight excluding hydrogens is 212 g/mol. The molecule has 0 N–H and O–H groups in total. The van der Waals surface area contributed by atoms with Gasteiger partial charge in [-0.25, -0.2) is 0 Å². The number of nitrogens with zero attached hydrogens (tertiary/aromatic N) is 2. The van der Waals surface area contributed by atoms with Crippen molar-refractivity contribution < 1.29 is 4.74 Å². The summed E-state index contributed by atoms with van der Waals surface area (Å²) in [6, 6.07) is 0.810. The molecule has 100 valence electrons. The molecular formula is C14H28N2O. The van der Waals surface area contributed by atoms with Crippen LogP contribution in [0.5, 0.6) is 0 Å². The Morgan fingerprint density at radius 1 is 1.12 bits per heavy atom. The Hall–Kier alpha value is -0.120. The predicted molar refractivity (Wildman–Crippen MR) is 71.3 cm³/mol. The Balaban J connectivity index is 1.70. The molecule has 0 aromatic rings. The van der Waals surface area contributed by atoms with Crippen LogP contribution in [0.4, 0.5) is 0 Å². The van der Waals surface area contributed by atoms with Crippen LogP contribution in [0.25, 0.3) is 0 Å². The maximum atomic E-state index is 5.62. The zero-order chi connectivity index (χ0) is 12.5. The van der Waals surface area contributed by atoms with Crippen LogP contribution < -0.4 is 0 Å². The van der Waals surface area contributed by atoms with Gasteiger partial charge in [0.1, 0.15) is 0 Å². The van der Waals surface area contributed by atoms with Crippen LogP contribution in [0.2, 0.25) is 0 Å². The molecule has 0 unspecified atom stereocenters. The van der Waals surface area contributed by atoms with E-state index in [1.165, 1.54) is 25.9 Å². The van der Waals surface area contributed by atoms with Gasteiger partial charge in [-0.2, -0.15) is 0 Å². The summed E-state index contributed by atoms with van der Waals surface area (Å²) in [5.41, 5.74) is 0.341. The third-order valence-corrected chi connectivity index (χ3v) is 4.21. The van der Waals surface area contributed by atoms with Gasteiger partial charge < -0.3 is 4.74 Å². The Bertz CT molecular complexity index is 235. The van der Waals surface area contributed by atoms with Gasteiger partial charge in [0.25, 0.3) is 0 Å². The second-order valence-electron chi connectivity index (χ2n) is 6.42.